The number of hydrogen-bond donors (Lipinski definition) is 3. The molecule has 0 bridgehead atoms. The van der Waals surface area contributed by atoms with Gasteiger partial charge in [0.15, 0.2) is 0 Å². The number of ether oxygens (including phenoxy) is 1. The van der Waals surface area contributed by atoms with Crippen LogP contribution in [0.3, 0.4) is 0 Å². The van der Waals surface area contributed by atoms with Crippen molar-refractivity contribution in [1.82, 2.24) is 0 Å². The van der Waals surface area contributed by atoms with Crippen LogP contribution in [-0.2, 0) is 0 Å². The van der Waals surface area contributed by atoms with Gasteiger partial charge in [0.1, 0.15) is 18.1 Å². The molecule has 5 nitrogen and oxygen atoms in total. The normalized spacial score (nSPS) is 10.1. The first kappa shape index (κ1) is 13.9. The Hall–Kier alpha value is -2.53. The van der Waals surface area contributed by atoms with Crippen molar-refractivity contribution in [2.75, 3.05) is 18.5 Å². The lowest BCUT2D eigenvalue weighted by Crippen LogP contribution is -2.15. The van der Waals surface area contributed by atoms with Gasteiger partial charge < -0.3 is 20.9 Å². The molecule has 4 N–H and O–H groups in total. The van der Waals surface area contributed by atoms with Crippen LogP contribution in [0, 0.1) is 0 Å². The molecule has 20 heavy (non-hydrogen) atoms. The maximum Gasteiger partial charge on any atom is 0.255 e. The predicted octanol–water partition coefficient (Wildman–Crippen LogP) is 1.98. The molecule has 0 saturated carbocycles. The Kier molecular flexibility index (Phi) is 4.57. The first-order valence-electron chi connectivity index (χ1n) is 6.23. The van der Waals surface area contributed by atoms with Crippen molar-refractivity contribution in [2.45, 2.75) is 0 Å². The number of nitrogens with two attached hydrogens (primary N) is 1. The summed E-state index contributed by atoms with van der Waals surface area (Å²) in [5, 5.41) is 12.0. The van der Waals surface area contributed by atoms with E-state index in [1.165, 1.54) is 12.1 Å². The fourth-order valence-electron chi connectivity index (χ4n) is 1.67. The summed E-state index contributed by atoms with van der Waals surface area (Å²) in [5.41, 5.74) is 6.43. The molecule has 0 aliphatic heterocycles. The van der Waals surface area contributed by atoms with E-state index in [-0.39, 0.29) is 11.7 Å². The lowest BCUT2D eigenvalue weighted by atomic mass is 10.2. The number of hydrogen-bond acceptors (Lipinski definition) is 4. The average Bonchev–Trinajstić information content (AvgIpc) is 2.47. The fourth-order valence-corrected chi connectivity index (χ4v) is 1.67. The Bertz CT molecular complexity index is 582. The number of anilines is 1. The summed E-state index contributed by atoms with van der Waals surface area (Å²) in [6.07, 6.45) is 0. The maximum absolute atomic E-state index is 12.1. The molecule has 104 valence electrons. The molecule has 0 atom stereocenters. The number of aromatic hydroxyl groups is 1. The number of phenols is 1. The molecule has 0 unspecified atom stereocenters. The van der Waals surface area contributed by atoms with Crippen molar-refractivity contribution in [3.63, 3.8) is 0 Å². The molecule has 2 aromatic carbocycles. The number of benzene rings is 2. The Labute approximate surface area is 117 Å². The van der Waals surface area contributed by atoms with Gasteiger partial charge in [-0.25, -0.2) is 0 Å². The monoisotopic (exact) mass is 272 g/mol. The molecule has 2 aromatic rings. The summed E-state index contributed by atoms with van der Waals surface area (Å²) in [6, 6.07) is 13.2. The lowest BCUT2D eigenvalue weighted by Gasteiger charge is -2.11. The van der Waals surface area contributed by atoms with Gasteiger partial charge in [-0.05, 0) is 36.4 Å². The van der Waals surface area contributed by atoms with Crippen LogP contribution in [0.4, 0.5) is 5.69 Å². The van der Waals surface area contributed by atoms with E-state index in [1.807, 2.05) is 12.1 Å². The minimum absolute atomic E-state index is 0.119. The molecular weight excluding hydrogens is 256 g/mol. The summed E-state index contributed by atoms with van der Waals surface area (Å²) in [6.45, 7) is 0.784. The van der Waals surface area contributed by atoms with Crippen LogP contribution in [0.15, 0.2) is 48.5 Å². The van der Waals surface area contributed by atoms with E-state index >= 15 is 0 Å². The highest BCUT2D eigenvalue weighted by Gasteiger charge is 2.09. The second-order valence-electron chi connectivity index (χ2n) is 4.13. The fraction of sp³-hybridized carbons (Fsp3) is 0.133. The van der Waals surface area contributed by atoms with Gasteiger partial charge >= 0.3 is 0 Å². The lowest BCUT2D eigenvalue weighted by molar-refractivity contribution is 0.102. The highest BCUT2D eigenvalue weighted by Crippen LogP contribution is 2.24. The van der Waals surface area contributed by atoms with Gasteiger partial charge in [-0.1, -0.05) is 12.1 Å². The number of nitrogens with one attached hydrogen (secondary N) is 1. The molecule has 5 heteroatoms. The van der Waals surface area contributed by atoms with Crippen molar-refractivity contribution in [3.8, 4) is 11.5 Å². The average molecular weight is 272 g/mol. The van der Waals surface area contributed by atoms with Crippen LogP contribution in [0.2, 0.25) is 0 Å². The number of carbonyl (C=O) groups is 1. The number of carbonyl (C=O) groups excluding carboxylic acids is 1. The third kappa shape index (κ3) is 3.49. The first-order valence-corrected chi connectivity index (χ1v) is 6.23. The molecule has 0 saturated heterocycles. The molecule has 0 aromatic heterocycles. The number of phenolic OH excluding ortho intramolecular Hbond substituents is 1. The summed E-state index contributed by atoms with van der Waals surface area (Å²) >= 11 is 0. The van der Waals surface area contributed by atoms with Gasteiger partial charge in [0.25, 0.3) is 5.91 Å². The van der Waals surface area contributed by atoms with Gasteiger partial charge in [-0.2, -0.15) is 0 Å². The van der Waals surface area contributed by atoms with E-state index in [0.717, 1.165) is 0 Å². The van der Waals surface area contributed by atoms with Gasteiger partial charge in [0.05, 0.1) is 5.69 Å². The third-order valence-corrected chi connectivity index (χ3v) is 2.64. The maximum atomic E-state index is 12.1. The Morgan fingerprint density at radius 3 is 2.55 bits per heavy atom. The quantitative estimate of drug-likeness (QED) is 0.777. The van der Waals surface area contributed by atoms with Crippen molar-refractivity contribution < 1.29 is 14.6 Å². The number of para-hydroxylation sites is 2. The Balaban J connectivity index is 2.13. The smallest absolute Gasteiger partial charge is 0.255 e. The second-order valence-corrected chi connectivity index (χ2v) is 4.13. The van der Waals surface area contributed by atoms with Crippen molar-refractivity contribution in [2.24, 2.45) is 5.73 Å². The van der Waals surface area contributed by atoms with Gasteiger partial charge in [-0.3, -0.25) is 4.79 Å². The summed E-state index contributed by atoms with van der Waals surface area (Å²) < 4.78 is 5.46. The SMILES string of the molecule is NCCOc1ccccc1NC(=O)c1ccc(O)cc1. The molecular formula is C15H16N2O3. The molecule has 0 fully saturated rings. The summed E-state index contributed by atoms with van der Waals surface area (Å²) in [7, 11) is 0. The Morgan fingerprint density at radius 2 is 1.85 bits per heavy atom. The van der Waals surface area contributed by atoms with Crippen LogP contribution in [0.5, 0.6) is 11.5 Å². The zero-order valence-corrected chi connectivity index (χ0v) is 10.9. The standard InChI is InChI=1S/C15H16N2O3/c16-9-10-20-14-4-2-1-3-13(14)17-15(19)11-5-7-12(18)8-6-11/h1-8,18H,9-10,16H2,(H,17,19). The van der Waals surface area contributed by atoms with Crippen LogP contribution in [0.1, 0.15) is 10.4 Å². The van der Waals surface area contributed by atoms with Crippen molar-refractivity contribution in [3.05, 3.63) is 54.1 Å². The summed E-state index contributed by atoms with van der Waals surface area (Å²) in [4.78, 5) is 12.1. The van der Waals surface area contributed by atoms with Crippen LogP contribution in [-0.4, -0.2) is 24.2 Å². The number of amides is 1. The zero-order chi connectivity index (χ0) is 14.4. The molecule has 0 aliphatic rings. The van der Waals surface area contributed by atoms with Crippen LogP contribution < -0.4 is 15.8 Å². The van der Waals surface area contributed by atoms with E-state index in [4.69, 9.17) is 10.5 Å². The third-order valence-electron chi connectivity index (χ3n) is 2.64. The minimum atomic E-state index is -0.270. The molecule has 0 radical (unpaired) electrons. The van der Waals surface area contributed by atoms with Crippen molar-refractivity contribution in [1.29, 1.82) is 0 Å². The van der Waals surface area contributed by atoms with Gasteiger partial charge in [0, 0.05) is 12.1 Å². The van der Waals surface area contributed by atoms with E-state index < -0.39 is 0 Å². The zero-order valence-electron chi connectivity index (χ0n) is 10.9. The molecule has 1 amide bonds. The van der Waals surface area contributed by atoms with Crippen LogP contribution in [0.25, 0.3) is 0 Å². The van der Waals surface area contributed by atoms with Crippen molar-refractivity contribution >= 4 is 11.6 Å². The molecule has 2 rings (SSSR count). The Morgan fingerprint density at radius 1 is 1.15 bits per heavy atom. The number of rotatable bonds is 5. The highest BCUT2D eigenvalue weighted by atomic mass is 16.5. The molecule has 0 spiro atoms. The van der Waals surface area contributed by atoms with E-state index in [1.54, 1.807) is 24.3 Å². The molecule has 0 heterocycles. The van der Waals surface area contributed by atoms with E-state index in [0.29, 0.717) is 30.2 Å². The van der Waals surface area contributed by atoms with E-state index in [9.17, 15) is 9.90 Å². The van der Waals surface area contributed by atoms with Crippen LogP contribution >= 0.6 is 0 Å². The van der Waals surface area contributed by atoms with Gasteiger partial charge in [-0.15, -0.1) is 0 Å². The first-order chi connectivity index (χ1) is 9.70. The van der Waals surface area contributed by atoms with E-state index in [2.05, 4.69) is 5.32 Å². The summed E-state index contributed by atoms with van der Waals surface area (Å²) in [5.74, 6) is 0.423. The molecule has 0 aliphatic carbocycles. The highest BCUT2D eigenvalue weighted by molar-refractivity contribution is 6.05. The predicted molar refractivity (Wildman–Crippen MR) is 77.1 cm³/mol. The second kappa shape index (κ2) is 6.58. The minimum Gasteiger partial charge on any atom is -0.508 e. The largest absolute Gasteiger partial charge is 0.508 e. The topological polar surface area (TPSA) is 84.6 Å². The van der Waals surface area contributed by atoms with Gasteiger partial charge in [0.2, 0.25) is 0 Å².